The van der Waals surface area contributed by atoms with Crippen LogP contribution in [0, 0.1) is 0 Å². The van der Waals surface area contributed by atoms with Gasteiger partial charge in [0.1, 0.15) is 11.0 Å². The number of thiazole rings is 1. The minimum absolute atomic E-state index is 0.0426. The van der Waals surface area contributed by atoms with Crippen molar-refractivity contribution < 1.29 is 23.1 Å². The summed E-state index contributed by atoms with van der Waals surface area (Å²) in [4.78, 5) is 16.5. The number of aliphatic carboxylic acids is 1. The molecular formula is C26H20ClNO5S2. The molecule has 35 heavy (non-hydrogen) atoms. The lowest BCUT2D eigenvalue weighted by Gasteiger charge is -2.18. The topological polar surface area (TPSA) is 93.6 Å². The van der Waals surface area contributed by atoms with E-state index in [4.69, 9.17) is 21.4 Å². The molecule has 0 aliphatic heterocycles. The van der Waals surface area contributed by atoms with Crippen LogP contribution in [-0.4, -0.2) is 31.1 Å². The monoisotopic (exact) mass is 525 g/mol. The van der Waals surface area contributed by atoms with Crippen LogP contribution in [0.1, 0.15) is 26.8 Å². The van der Waals surface area contributed by atoms with Gasteiger partial charge in [0.15, 0.2) is 6.61 Å². The van der Waals surface area contributed by atoms with E-state index >= 15 is 0 Å². The van der Waals surface area contributed by atoms with Crippen LogP contribution in [0.25, 0.3) is 11.3 Å². The van der Waals surface area contributed by atoms with Gasteiger partial charge < -0.3 is 9.84 Å². The zero-order valence-corrected chi connectivity index (χ0v) is 20.7. The third-order valence-corrected chi connectivity index (χ3v) is 9.66. The lowest BCUT2D eigenvalue weighted by molar-refractivity contribution is -0.139. The van der Waals surface area contributed by atoms with Gasteiger partial charge in [-0.15, -0.1) is 11.3 Å². The summed E-state index contributed by atoms with van der Waals surface area (Å²) < 4.78 is 33.6. The van der Waals surface area contributed by atoms with E-state index in [1.807, 2.05) is 24.3 Å². The summed E-state index contributed by atoms with van der Waals surface area (Å²) in [7, 11) is -3.91. The molecular weight excluding hydrogens is 506 g/mol. The number of carboxylic acid groups (broad SMARTS) is 1. The average molecular weight is 526 g/mol. The first kappa shape index (κ1) is 23.5. The SMILES string of the molecule is O=C(O)COc1cccc2c1CCc1sc(S(=O)(=O)C(c3ccccc3)c3cccc(Cl)c3)nc1-2. The molecule has 1 unspecified atom stereocenters. The number of sulfone groups is 1. The molecule has 1 heterocycles. The number of benzene rings is 3. The average Bonchev–Trinajstić information content (AvgIpc) is 3.29. The molecule has 0 saturated heterocycles. The molecule has 1 N–H and O–H groups in total. The van der Waals surface area contributed by atoms with Gasteiger partial charge in [0.25, 0.3) is 0 Å². The van der Waals surface area contributed by atoms with Crippen LogP contribution in [-0.2, 0) is 27.5 Å². The number of carboxylic acids is 1. The number of ether oxygens (including phenoxy) is 1. The fourth-order valence-corrected chi connectivity index (χ4v) is 7.84. The van der Waals surface area contributed by atoms with Crippen molar-refractivity contribution in [1.29, 1.82) is 0 Å². The second kappa shape index (κ2) is 9.45. The fourth-order valence-electron chi connectivity index (χ4n) is 4.34. The molecule has 0 fully saturated rings. The summed E-state index contributed by atoms with van der Waals surface area (Å²) in [6.45, 7) is -0.446. The van der Waals surface area contributed by atoms with Crippen molar-refractivity contribution in [2.75, 3.05) is 6.61 Å². The molecule has 178 valence electrons. The Hall–Kier alpha value is -3.20. The van der Waals surface area contributed by atoms with Crippen LogP contribution in [0.4, 0.5) is 0 Å². The number of fused-ring (bicyclic) bond motifs is 3. The summed E-state index contributed by atoms with van der Waals surface area (Å²) >= 11 is 7.40. The predicted octanol–water partition coefficient (Wildman–Crippen LogP) is 5.59. The number of aromatic nitrogens is 1. The Morgan fingerprint density at radius 1 is 1.03 bits per heavy atom. The van der Waals surface area contributed by atoms with Crippen LogP contribution in [0.2, 0.25) is 5.02 Å². The molecule has 0 spiro atoms. The minimum atomic E-state index is -3.91. The fraction of sp³-hybridized carbons (Fsp3) is 0.154. The van der Waals surface area contributed by atoms with E-state index in [9.17, 15) is 13.2 Å². The second-order valence-electron chi connectivity index (χ2n) is 8.11. The van der Waals surface area contributed by atoms with Crippen molar-refractivity contribution in [1.82, 2.24) is 4.98 Å². The third-order valence-electron chi connectivity index (χ3n) is 5.83. The third kappa shape index (κ3) is 4.57. The van der Waals surface area contributed by atoms with E-state index in [0.717, 1.165) is 16.0 Å². The summed E-state index contributed by atoms with van der Waals surface area (Å²) in [6.07, 6.45) is 1.20. The van der Waals surface area contributed by atoms with Crippen molar-refractivity contribution in [3.8, 4) is 17.0 Å². The molecule has 1 aromatic heterocycles. The van der Waals surface area contributed by atoms with Gasteiger partial charge in [-0.05, 0) is 42.2 Å². The highest BCUT2D eigenvalue weighted by Crippen LogP contribution is 2.44. The predicted molar refractivity (Wildman–Crippen MR) is 135 cm³/mol. The maximum Gasteiger partial charge on any atom is 0.341 e. The van der Waals surface area contributed by atoms with Crippen molar-refractivity contribution in [2.45, 2.75) is 22.4 Å². The van der Waals surface area contributed by atoms with Gasteiger partial charge in [0.05, 0.1) is 5.69 Å². The van der Waals surface area contributed by atoms with Crippen LogP contribution in [0.5, 0.6) is 5.75 Å². The molecule has 0 bridgehead atoms. The van der Waals surface area contributed by atoms with E-state index in [-0.39, 0.29) is 4.34 Å². The van der Waals surface area contributed by atoms with Crippen LogP contribution in [0.3, 0.4) is 0 Å². The second-order valence-corrected chi connectivity index (χ2v) is 11.8. The molecule has 3 aromatic carbocycles. The summed E-state index contributed by atoms with van der Waals surface area (Å²) in [6, 6.07) is 21.3. The highest BCUT2D eigenvalue weighted by atomic mass is 35.5. The molecule has 1 aliphatic carbocycles. The number of nitrogens with zero attached hydrogens (tertiary/aromatic N) is 1. The normalized spacial score (nSPS) is 13.5. The van der Waals surface area contributed by atoms with Crippen molar-refractivity contribution >= 4 is 38.7 Å². The number of rotatable bonds is 7. The van der Waals surface area contributed by atoms with Gasteiger partial charge in [-0.1, -0.05) is 66.2 Å². The molecule has 1 atom stereocenters. The van der Waals surface area contributed by atoms with Crippen LogP contribution in [0.15, 0.2) is 77.1 Å². The van der Waals surface area contributed by atoms with Crippen molar-refractivity contribution in [2.24, 2.45) is 0 Å². The summed E-state index contributed by atoms with van der Waals surface area (Å²) in [5.41, 5.74) is 3.42. The lowest BCUT2D eigenvalue weighted by atomic mass is 9.93. The van der Waals surface area contributed by atoms with Crippen LogP contribution >= 0.6 is 22.9 Å². The highest BCUT2D eigenvalue weighted by molar-refractivity contribution is 7.93. The first-order valence-electron chi connectivity index (χ1n) is 10.9. The number of carbonyl (C=O) groups is 1. The van der Waals surface area contributed by atoms with Gasteiger partial charge in [-0.3, -0.25) is 0 Å². The van der Waals surface area contributed by atoms with Gasteiger partial charge in [0, 0.05) is 21.0 Å². The maximum absolute atomic E-state index is 14.0. The van der Waals surface area contributed by atoms with E-state index in [1.165, 1.54) is 11.3 Å². The number of aryl methyl sites for hydroxylation is 1. The highest BCUT2D eigenvalue weighted by Gasteiger charge is 2.35. The van der Waals surface area contributed by atoms with Crippen LogP contribution < -0.4 is 4.74 Å². The molecule has 1 aliphatic rings. The number of hydrogen-bond donors (Lipinski definition) is 1. The molecule has 9 heteroatoms. The Labute approximate surface area is 211 Å². The van der Waals surface area contributed by atoms with Crippen molar-refractivity contribution in [3.05, 3.63) is 99.4 Å². The van der Waals surface area contributed by atoms with Gasteiger partial charge in [0.2, 0.25) is 14.2 Å². The maximum atomic E-state index is 14.0. The smallest absolute Gasteiger partial charge is 0.341 e. The van der Waals surface area contributed by atoms with Gasteiger partial charge in [-0.25, -0.2) is 18.2 Å². The molecule has 0 amide bonds. The lowest BCUT2D eigenvalue weighted by Crippen LogP contribution is -2.15. The largest absolute Gasteiger partial charge is 0.482 e. The number of halogens is 1. The van der Waals surface area contributed by atoms with E-state index in [0.29, 0.717) is 40.4 Å². The molecule has 6 nitrogen and oxygen atoms in total. The van der Waals surface area contributed by atoms with Crippen molar-refractivity contribution in [3.63, 3.8) is 0 Å². The first-order valence-corrected chi connectivity index (χ1v) is 13.6. The van der Waals surface area contributed by atoms with E-state index in [1.54, 1.807) is 48.5 Å². The number of hydrogen-bond acceptors (Lipinski definition) is 6. The molecule has 5 rings (SSSR count). The van der Waals surface area contributed by atoms with E-state index in [2.05, 4.69) is 4.98 Å². The summed E-state index contributed by atoms with van der Waals surface area (Å²) in [5.74, 6) is -0.580. The molecule has 0 saturated carbocycles. The quantitative estimate of drug-likeness (QED) is 0.338. The zero-order valence-electron chi connectivity index (χ0n) is 18.3. The summed E-state index contributed by atoms with van der Waals surface area (Å²) in [5, 5.41) is 8.48. The standard InChI is InChI=1S/C26H20ClNO5S2/c27-18-9-4-8-17(14-18)25(16-6-2-1-3-7-16)35(31,32)26-28-24-20-10-5-11-21(33-15-23(29)30)19(20)12-13-22(24)34-26/h1-11,14,25H,12-13,15H2,(H,29,30). The first-order chi connectivity index (χ1) is 16.8. The Morgan fingerprint density at radius 3 is 2.51 bits per heavy atom. The minimum Gasteiger partial charge on any atom is -0.482 e. The molecule has 0 radical (unpaired) electrons. The Bertz CT molecular complexity index is 1520. The van der Waals surface area contributed by atoms with Gasteiger partial charge >= 0.3 is 5.97 Å². The Balaban J connectivity index is 1.60. The Morgan fingerprint density at radius 2 is 1.77 bits per heavy atom. The van der Waals surface area contributed by atoms with Gasteiger partial charge in [-0.2, -0.15) is 0 Å². The molecule has 4 aromatic rings. The zero-order chi connectivity index (χ0) is 24.6. The van der Waals surface area contributed by atoms with E-state index < -0.39 is 27.7 Å². The Kier molecular flexibility index (Phi) is 6.35.